The van der Waals surface area contributed by atoms with Crippen molar-refractivity contribution in [2.24, 2.45) is 0 Å². The average Bonchev–Trinajstić information content (AvgIpc) is 3.10. The van der Waals surface area contributed by atoms with Gasteiger partial charge in [-0.25, -0.2) is 4.79 Å². The number of rotatable bonds is 5. The highest BCUT2D eigenvalue weighted by Crippen LogP contribution is 2.46. The van der Waals surface area contributed by atoms with E-state index in [0.717, 1.165) is 18.4 Å². The molecule has 1 amide bonds. The van der Waals surface area contributed by atoms with Gasteiger partial charge in [-0.3, -0.25) is 4.79 Å². The fourth-order valence-corrected chi connectivity index (χ4v) is 3.23. The van der Waals surface area contributed by atoms with Crippen LogP contribution in [0.2, 0.25) is 0 Å². The summed E-state index contributed by atoms with van der Waals surface area (Å²) in [5.41, 5.74) is 2.06. The predicted molar refractivity (Wildman–Crippen MR) is 81.4 cm³/mol. The number of thiophene rings is 1. The van der Waals surface area contributed by atoms with E-state index in [1.165, 1.54) is 11.3 Å². The Bertz CT molecular complexity index is 715. The van der Waals surface area contributed by atoms with Crippen molar-refractivity contribution in [3.8, 4) is 0 Å². The highest BCUT2D eigenvalue weighted by atomic mass is 32.1. The highest BCUT2D eigenvalue weighted by molar-refractivity contribution is 7.15. The van der Waals surface area contributed by atoms with Gasteiger partial charge in [0.15, 0.2) is 0 Å². The number of aromatic nitrogens is 1. The van der Waals surface area contributed by atoms with Gasteiger partial charge in [-0.05, 0) is 43.6 Å². The zero-order valence-corrected chi connectivity index (χ0v) is 13.2. The zero-order chi connectivity index (χ0) is 15.7. The summed E-state index contributed by atoms with van der Waals surface area (Å²) in [6.07, 6.45) is 2.13. The minimum absolute atomic E-state index is 0.119. The summed E-state index contributed by atoms with van der Waals surface area (Å²) in [7, 11) is 0. The molecule has 7 heteroatoms. The Balaban J connectivity index is 1.86. The van der Waals surface area contributed by atoms with Gasteiger partial charge in [-0.1, -0.05) is 5.16 Å². The maximum Gasteiger partial charge on any atom is 0.341 e. The van der Waals surface area contributed by atoms with Gasteiger partial charge in [0, 0.05) is 6.07 Å². The fraction of sp³-hybridized carbons (Fsp3) is 0.400. The van der Waals surface area contributed by atoms with Gasteiger partial charge in [-0.15, -0.1) is 11.3 Å². The van der Waals surface area contributed by atoms with Crippen LogP contribution in [0.5, 0.6) is 0 Å². The lowest BCUT2D eigenvalue weighted by molar-refractivity contribution is 0.0527. The molecule has 3 rings (SSSR count). The van der Waals surface area contributed by atoms with Crippen LogP contribution in [0.3, 0.4) is 0 Å². The third-order valence-corrected chi connectivity index (χ3v) is 4.31. The summed E-state index contributed by atoms with van der Waals surface area (Å²) < 4.78 is 10.1. The Labute approximate surface area is 131 Å². The number of nitrogens with zero attached hydrogens (tertiary/aromatic N) is 1. The van der Waals surface area contributed by atoms with E-state index in [1.54, 1.807) is 19.9 Å². The van der Waals surface area contributed by atoms with Gasteiger partial charge in [-0.2, -0.15) is 0 Å². The van der Waals surface area contributed by atoms with Crippen LogP contribution in [0, 0.1) is 6.92 Å². The maximum atomic E-state index is 12.2. The Kier molecular flexibility index (Phi) is 3.98. The average molecular weight is 320 g/mol. The number of nitrogens with one attached hydrogen (secondary N) is 1. The molecule has 0 spiro atoms. The van der Waals surface area contributed by atoms with E-state index in [4.69, 9.17) is 9.26 Å². The Morgan fingerprint density at radius 2 is 2.27 bits per heavy atom. The van der Waals surface area contributed by atoms with Crippen molar-refractivity contribution in [2.75, 3.05) is 11.9 Å². The van der Waals surface area contributed by atoms with Crippen LogP contribution in [0.25, 0.3) is 0 Å². The quantitative estimate of drug-likeness (QED) is 0.854. The molecule has 1 aliphatic carbocycles. The first-order valence-electron chi connectivity index (χ1n) is 7.13. The highest BCUT2D eigenvalue weighted by Gasteiger charge is 2.32. The molecule has 2 heterocycles. The van der Waals surface area contributed by atoms with Crippen molar-refractivity contribution in [2.45, 2.75) is 32.6 Å². The summed E-state index contributed by atoms with van der Waals surface area (Å²) in [6, 6.07) is 1.55. The third-order valence-electron chi connectivity index (χ3n) is 3.40. The normalized spacial score (nSPS) is 13.9. The van der Waals surface area contributed by atoms with Gasteiger partial charge in [0.25, 0.3) is 5.91 Å². The minimum Gasteiger partial charge on any atom is -0.462 e. The van der Waals surface area contributed by atoms with Crippen molar-refractivity contribution in [3.63, 3.8) is 0 Å². The number of aryl methyl sites for hydroxylation is 1. The molecule has 1 fully saturated rings. The number of carbonyl (C=O) groups is 2. The van der Waals surface area contributed by atoms with Crippen LogP contribution in [0.15, 0.2) is 16.0 Å². The molecular weight excluding hydrogens is 304 g/mol. The molecule has 22 heavy (non-hydrogen) atoms. The van der Waals surface area contributed by atoms with E-state index >= 15 is 0 Å². The number of ether oxygens (including phenoxy) is 1. The van der Waals surface area contributed by atoms with Gasteiger partial charge in [0.05, 0.1) is 17.9 Å². The first-order valence-corrected chi connectivity index (χ1v) is 8.01. The topological polar surface area (TPSA) is 81.4 Å². The van der Waals surface area contributed by atoms with E-state index < -0.39 is 11.9 Å². The molecule has 2 aromatic heterocycles. The zero-order valence-electron chi connectivity index (χ0n) is 12.3. The standard InChI is InChI=1S/C15H16N2O4S/c1-3-20-15(19)12-10(9-4-5-9)7-22-14(12)16-13(18)11-6-8(2)17-21-11/h6-7,9H,3-5H2,1-2H3,(H,16,18). The molecule has 6 nitrogen and oxygen atoms in total. The SMILES string of the molecule is CCOC(=O)c1c(C2CC2)csc1NC(=O)c1cc(C)no1. The molecule has 0 aromatic carbocycles. The van der Waals surface area contributed by atoms with E-state index in [9.17, 15) is 9.59 Å². The van der Waals surface area contributed by atoms with Crippen molar-refractivity contribution in [3.05, 3.63) is 34.0 Å². The number of anilines is 1. The number of hydrogen-bond donors (Lipinski definition) is 1. The minimum atomic E-state index is -0.421. The van der Waals surface area contributed by atoms with Gasteiger partial charge in [0.2, 0.25) is 5.76 Å². The van der Waals surface area contributed by atoms with E-state index in [2.05, 4.69) is 10.5 Å². The first-order chi connectivity index (χ1) is 10.6. The molecule has 0 atom stereocenters. The summed E-state index contributed by atoms with van der Waals surface area (Å²) >= 11 is 1.33. The Morgan fingerprint density at radius 1 is 1.50 bits per heavy atom. The lowest BCUT2D eigenvalue weighted by atomic mass is 10.1. The lowest BCUT2D eigenvalue weighted by Crippen LogP contribution is -2.14. The molecule has 1 saturated carbocycles. The summed E-state index contributed by atoms with van der Waals surface area (Å²) in [4.78, 5) is 24.4. The third kappa shape index (κ3) is 2.89. The number of amides is 1. The van der Waals surface area contributed by atoms with Crippen LogP contribution in [0.4, 0.5) is 5.00 Å². The van der Waals surface area contributed by atoms with Gasteiger partial charge < -0.3 is 14.6 Å². The lowest BCUT2D eigenvalue weighted by Gasteiger charge is -2.07. The predicted octanol–water partition coefficient (Wildman–Crippen LogP) is 3.35. The molecule has 0 unspecified atom stereocenters. The molecule has 1 aliphatic rings. The molecule has 1 N–H and O–H groups in total. The van der Waals surface area contributed by atoms with Crippen LogP contribution in [-0.2, 0) is 4.74 Å². The maximum absolute atomic E-state index is 12.2. The molecule has 0 aliphatic heterocycles. The van der Waals surface area contributed by atoms with E-state index in [-0.39, 0.29) is 5.76 Å². The van der Waals surface area contributed by atoms with Crippen molar-refractivity contribution in [1.82, 2.24) is 5.16 Å². The molecule has 0 radical (unpaired) electrons. The van der Waals surface area contributed by atoms with Crippen LogP contribution >= 0.6 is 11.3 Å². The van der Waals surface area contributed by atoms with Crippen LogP contribution in [-0.4, -0.2) is 23.6 Å². The number of hydrogen-bond acceptors (Lipinski definition) is 6. The molecule has 2 aromatic rings. The summed E-state index contributed by atoms with van der Waals surface area (Å²) in [6.45, 7) is 3.80. The molecule has 0 bridgehead atoms. The molecular formula is C15H16N2O4S. The van der Waals surface area contributed by atoms with Crippen LogP contribution < -0.4 is 5.32 Å². The largest absolute Gasteiger partial charge is 0.462 e. The van der Waals surface area contributed by atoms with Gasteiger partial charge >= 0.3 is 5.97 Å². The Hall–Kier alpha value is -2.15. The smallest absolute Gasteiger partial charge is 0.341 e. The van der Waals surface area contributed by atoms with Crippen LogP contribution in [0.1, 0.15) is 57.9 Å². The monoisotopic (exact) mass is 320 g/mol. The molecule has 116 valence electrons. The summed E-state index contributed by atoms with van der Waals surface area (Å²) in [5.74, 6) is -0.299. The van der Waals surface area contributed by atoms with Crippen molar-refractivity contribution >= 4 is 28.2 Å². The second-order valence-corrected chi connectivity index (χ2v) is 6.06. The summed E-state index contributed by atoms with van der Waals surface area (Å²) in [5, 5.41) is 8.83. The second kappa shape index (κ2) is 5.92. The van der Waals surface area contributed by atoms with Crippen molar-refractivity contribution in [1.29, 1.82) is 0 Å². The number of carbonyl (C=O) groups excluding carboxylic acids is 2. The first kappa shape index (κ1) is 14.8. The van der Waals surface area contributed by atoms with E-state index in [1.807, 2.05) is 5.38 Å². The number of esters is 1. The second-order valence-electron chi connectivity index (χ2n) is 5.18. The molecule has 0 saturated heterocycles. The van der Waals surface area contributed by atoms with Gasteiger partial charge in [0.1, 0.15) is 5.00 Å². The van der Waals surface area contributed by atoms with E-state index in [0.29, 0.717) is 28.8 Å². The van der Waals surface area contributed by atoms with Crippen molar-refractivity contribution < 1.29 is 18.8 Å². The fourth-order valence-electron chi connectivity index (χ4n) is 2.21. The Morgan fingerprint density at radius 3 is 2.86 bits per heavy atom.